The Bertz CT molecular complexity index is 378. The number of aromatic nitrogens is 1. The average molecular weight is 249 g/mol. The summed E-state index contributed by atoms with van der Waals surface area (Å²) in [7, 11) is 0. The number of hydrogen-bond acceptors (Lipinski definition) is 3. The zero-order chi connectivity index (χ0) is 13.8. The summed E-state index contributed by atoms with van der Waals surface area (Å²) in [5, 5.41) is 3.61. The molecule has 1 rings (SSSR count). The van der Waals surface area contributed by atoms with Crippen LogP contribution in [0.4, 0.5) is 0 Å². The van der Waals surface area contributed by atoms with Crippen LogP contribution in [0, 0.1) is 5.41 Å². The van der Waals surface area contributed by atoms with Gasteiger partial charge < -0.3 is 11.1 Å². The van der Waals surface area contributed by atoms with E-state index in [2.05, 4.69) is 51.0 Å². The van der Waals surface area contributed by atoms with Gasteiger partial charge >= 0.3 is 0 Å². The fraction of sp³-hybridized carbons (Fsp3) is 0.667. The van der Waals surface area contributed by atoms with E-state index in [0.717, 1.165) is 18.7 Å². The molecule has 0 unspecified atom stereocenters. The molecule has 3 heteroatoms. The summed E-state index contributed by atoms with van der Waals surface area (Å²) in [6, 6.07) is 4.11. The third-order valence-electron chi connectivity index (χ3n) is 2.83. The minimum Gasteiger partial charge on any atom is -0.325 e. The Morgan fingerprint density at radius 2 is 1.89 bits per heavy atom. The van der Waals surface area contributed by atoms with Gasteiger partial charge in [-0.3, -0.25) is 4.98 Å². The Morgan fingerprint density at radius 3 is 2.44 bits per heavy atom. The molecule has 0 radical (unpaired) electrons. The highest BCUT2D eigenvalue weighted by molar-refractivity contribution is 5.16. The lowest BCUT2D eigenvalue weighted by atomic mass is 9.82. The molecule has 0 bridgehead atoms. The molecule has 18 heavy (non-hydrogen) atoms. The maximum absolute atomic E-state index is 5.60. The maximum Gasteiger partial charge on any atom is 0.0542 e. The van der Waals surface area contributed by atoms with Crippen LogP contribution in [0.3, 0.4) is 0 Å². The van der Waals surface area contributed by atoms with Gasteiger partial charge in [-0.25, -0.2) is 0 Å². The van der Waals surface area contributed by atoms with Gasteiger partial charge in [0.25, 0.3) is 0 Å². The first-order chi connectivity index (χ1) is 8.22. The van der Waals surface area contributed by atoms with Gasteiger partial charge in [-0.15, -0.1) is 0 Å². The fourth-order valence-corrected chi connectivity index (χ4v) is 2.48. The largest absolute Gasteiger partial charge is 0.325 e. The van der Waals surface area contributed by atoms with Gasteiger partial charge in [0.1, 0.15) is 0 Å². The van der Waals surface area contributed by atoms with Gasteiger partial charge in [0.2, 0.25) is 0 Å². The predicted octanol–water partition coefficient (Wildman–Crippen LogP) is 2.84. The number of hydrogen-bond donors (Lipinski definition) is 2. The molecular formula is C15H27N3. The number of nitrogens with zero attached hydrogens (tertiary/aromatic N) is 1. The summed E-state index contributed by atoms with van der Waals surface area (Å²) in [5.74, 6) is 0. The molecule has 0 saturated heterocycles. The molecule has 0 aromatic carbocycles. The Balaban J connectivity index is 2.58. The fourth-order valence-electron chi connectivity index (χ4n) is 2.48. The molecular weight excluding hydrogens is 222 g/mol. The molecule has 3 N–H and O–H groups in total. The van der Waals surface area contributed by atoms with Gasteiger partial charge in [-0.1, -0.05) is 20.8 Å². The SMILES string of the molecule is CC(C)(C)CC(C)(C)NCc1ccnc(CN)c1. The first-order valence-corrected chi connectivity index (χ1v) is 6.61. The quantitative estimate of drug-likeness (QED) is 0.843. The van der Waals surface area contributed by atoms with Crippen molar-refractivity contribution in [3.8, 4) is 0 Å². The first-order valence-electron chi connectivity index (χ1n) is 6.61. The first kappa shape index (κ1) is 15.1. The second-order valence-corrected chi connectivity index (χ2v) is 6.83. The third-order valence-corrected chi connectivity index (χ3v) is 2.83. The van der Waals surface area contributed by atoms with E-state index in [0.29, 0.717) is 12.0 Å². The minimum absolute atomic E-state index is 0.129. The van der Waals surface area contributed by atoms with Crippen LogP contribution in [0.15, 0.2) is 18.3 Å². The highest BCUT2D eigenvalue weighted by Crippen LogP contribution is 2.26. The van der Waals surface area contributed by atoms with Crippen LogP contribution in [0.2, 0.25) is 0 Å². The van der Waals surface area contributed by atoms with Crippen molar-refractivity contribution in [2.75, 3.05) is 0 Å². The molecule has 0 aliphatic rings. The third kappa shape index (κ3) is 5.61. The lowest BCUT2D eigenvalue weighted by Crippen LogP contribution is -2.41. The lowest BCUT2D eigenvalue weighted by molar-refractivity contribution is 0.240. The smallest absolute Gasteiger partial charge is 0.0542 e. The zero-order valence-corrected chi connectivity index (χ0v) is 12.4. The molecule has 0 aliphatic heterocycles. The minimum atomic E-state index is 0.129. The predicted molar refractivity (Wildman–Crippen MR) is 77.1 cm³/mol. The molecule has 0 fully saturated rings. The van der Waals surface area contributed by atoms with E-state index in [9.17, 15) is 0 Å². The zero-order valence-electron chi connectivity index (χ0n) is 12.4. The van der Waals surface area contributed by atoms with Crippen molar-refractivity contribution >= 4 is 0 Å². The van der Waals surface area contributed by atoms with E-state index in [1.54, 1.807) is 0 Å². The summed E-state index contributed by atoms with van der Waals surface area (Å²) in [5.41, 5.74) is 8.25. The molecule has 102 valence electrons. The van der Waals surface area contributed by atoms with Crippen molar-refractivity contribution in [3.05, 3.63) is 29.6 Å². The standard InChI is InChI=1S/C15H27N3/c1-14(2,3)11-15(4,5)18-10-12-6-7-17-13(8-12)9-16/h6-8,18H,9-11,16H2,1-5H3. The van der Waals surface area contributed by atoms with Crippen molar-refractivity contribution in [1.82, 2.24) is 10.3 Å². The molecule has 1 aromatic heterocycles. The van der Waals surface area contributed by atoms with Crippen LogP contribution in [0.25, 0.3) is 0 Å². The maximum atomic E-state index is 5.60. The van der Waals surface area contributed by atoms with Crippen LogP contribution < -0.4 is 11.1 Å². The summed E-state index contributed by atoms with van der Waals surface area (Å²) in [4.78, 5) is 4.21. The van der Waals surface area contributed by atoms with E-state index < -0.39 is 0 Å². The summed E-state index contributed by atoms with van der Waals surface area (Å²) < 4.78 is 0. The van der Waals surface area contributed by atoms with Gasteiger partial charge in [-0.05, 0) is 43.4 Å². The van der Waals surface area contributed by atoms with Crippen LogP contribution in [-0.4, -0.2) is 10.5 Å². The molecule has 1 heterocycles. The van der Waals surface area contributed by atoms with Crippen molar-refractivity contribution in [3.63, 3.8) is 0 Å². The Labute approximate surface area is 111 Å². The second-order valence-electron chi connectivity index (χ2n) is 6.83. The van der Waals surface area contributed by atoms with E-state index in [1.807, 2.05) is 12.3 Å². The molecule has 0 spiro atoms. The lowest BCUT2D eigenvalue weighted by Gasteiger charge is -2.33. The Kier molecular flexibility index (Phi) is 4.88. The van der Waals surface area contributed by atoms with Crippen molar-refractivity contribution < 1.29 is 0 Å². The monoisotopic (exact) mass is 249 g/mol. The normalized spacial score (nSPS) is 12.8. The van der Waals surface area contributed by atoms with E-state index in [-0.39, 0.29) is 5.54 Å². The van der Waals surface area contributed by atoms with E-state index >= 15 is 0 Å². The number of rotatable bonds is 5. The van der Waals surface area contributed by atoms with Gasteiger partial charge in [0.15, 0.2) is 0 Å². The second kappa shape index (κ2) is 5.81. The number of pyridine rings is 1. The van der Waals surface area contributed by atoms with Crippen LogP contribution in [0.1, 0.15) is 52.3 Å². The number of nitrogens with one attached hydrogen (secondary N) is 1. The van der Waals surface area contributed by atoms with E-state index in [4.69, 9.17) is 5.73 Å². The Hall–Kier alpha value is -0.930. The summed E-state index contributed by atoms with van der Waals surface area (Å²) in [6.45, 7) is 12.7. The average Bonchev–Trinajstić information content (AvgIpc) is 2.24. The molecule has 0 aliphatic carbocycles. The molecule has 1 aromatic rings. The highest BCUT2D eigenvalue weighted by Gasteiger charge is 2.24. The van der Waals surface area contributed by atoms with Crippen molar-refractivity contribution in [2.24, 2.45) is 11.1 Å². The van der Waals surface area contributed by atoms with Crippen molar-refractivity contribution in [2.45, 2.75) is 59.7 Å². The Morgan fingerprint density at radius 1 is 1.22 bits per heavy atom. The molecule has 0 saturated carbocycles. The molecule has 0 amide bonds. The molecule has 0 atom stereocenters. The van der Waals surface area contributed by atoms with Crippen LogP contribution >= 0.6 is 0 Å². The summed E-state index contributed by atoms with van der Waals surface area (Å²) in [6.07, 6.45) is 2.96. The van der Waals surface area contributed by atoms with Gasteiger partial charge in [-0.2, -0.15) is 0 Å². The highest BCUT2D eigenvalue weighted by atomic mass is 15.0. The number of nitrogens with two attached hydrogens (primary N) is 1. The van der Waals surface area contributed by atoms with E-state index in [1.165, 1.54) is 5.56 Å². The molecule has 3 nitrogen and oxygen atoms in total. The van der Waals surface area contributed by atoms with Crippen molar-refractivity contribution in [1.29, 1.82) is 0 Å². The summed E-state index contributed by atoms with van der Waals surface area (Å²) >= 11 is 0. The van der Waals surface area contributed by atoms with Crippen LogP contribution in [0.5, 0.6) is 0 Å². The topological polar surface area (TPSA) is 50.9 Å². The van der Waals surface area contributed by atoms with Gasteiger partial charge in [0.05, 0.1) is 5.69 Å². The van der Waals surface area contributed by atoms with Gasteiger partial charge in [0, 0.05) is 24.8 Å². The van der Waals surface area contributed by atoms with Crippen LogP contribution in [-0.2, 0) is 13.1 Å².